The first-order valence-corrected chi connectivity index (χ1v) is 12.5. The van der Waals surface area contributed by atoms with Gasteiger partial charge in [0.05, 0.1) is 23.9 Å². The first-order chi connectivity index (χ1) is 15.8. The minimum absolute atomic E-state index is 0.0875. The molecule has 0 saturated heterocycles. The number of thiazole rings is 1. The SMILES string of the molecule is COc1ccc2nc(NC(=O)C(=NO[C@@H](C)CO)c3ccc(S(=O)(=O)C4CC4)cc3)sc2n1. The lowest BCUT2D eigenvalue weighted by Crippen LogP contribution is -2.25. The highest BCUT2D eigenvalue weighted by Crippen LogP contribution is 2.33. The highest BCUT2D eigenvalue weighted by atomic mass is 32.2. The minimum atomic E-state index is -3.36. The molecule has 0 spiro atoms. The number of anilines is 1. The quantitative estimate of drug-likeness (QED) is 0.344. The average Bonchev–Trinajstić information content (AvgIpc) is 3.60. The van der Waals surface area contributed by atoms with Crippen LogP contribution in [0.2, 0.25) is 0 Å². The molecule has 2 aromatic heterocycles. The summed E-state index contributed by atoms with van der Waals surface area (Å²) in [6.45, 7) is 1.30. The number of nitrogens with zero attached hydrogens (tertiary/aromatic N) is 3. The molecule has 4 rings (SSSR count). The Morgan fingerprint density at radius 1 is 1.24 bits per heavy atom. The zero-order chi connectivity index (χ0) is 23.6. The molecule has 1 atom stereocenters. The second-order valence-corrected chi connectivity index (χ2v) is 10.7. The van der Waals surface area contributed by atoms with Gasteiger partial charge in [0.25, 0.3) is 5.91 Å². The van der Waals surface area contributed by atoms with Gasteiger partial charge >= 0.3 is 0 Å². The number of aliphatic hydroxyl groups is 1. The highest BCUT2D eigenvalue weighted by Gasteiger charge is 2.36. The van der Waals surface area contributed by atoms with E-state index in [1.54, 1.807) is 19.1 Å². The molecule has 3 aromatic rings. The van der Waals surface area contributed by atoms with Crippen LogP contribution in [0, 0.1) is 0 Å². The molecule has 10 nitrogen and oxygen atoms in total. The van der Waals surface area contributed by atoms with E-state index in [-0.39, 0.29) is 22.5 Å². The third-order valence-electron chi connectivity index (χ3n) is 4.88. The first-order valence-electron chi connectivity index (χ1n) is 10.1. The number of aliphatic hydroxyl groups excluding tert-OH is 1. The Kier molecular flexibility index (Phi) is 6.58. The minimum Gasteiger partial charge on any atom is -0.481 e. The molecule has 1 amide bonds. The van der Waals surface area contributed by atoms with Crippen molar-refractivity contribution in [1.29, 1.82) is 0 Å². The van der Waals surface area contributed by atoms with Crippen LogP contribution in [0.15, 0.2) is 46.4 Å². The number of hydrogen-bond acceptors (Lipinski definition) is 10. The average molecular weight is 491 g/mol. The Labute approximate surface area is 194 Å². The van der Waals surface area contributed by atoms with Crippen LogP contribution in [-0.2, 0) is 19.5 Å². The van der Waals surface area contributed by atoms with Crippen molar-refractivity contribution in [3.05, 3.63) is 42.0 Å². The van der Waals surface area contributed by atoms with Gasteiger partial charge in [-0.15, -0.1) is 0 Å². The Balaban J connectivity index is 1.60. The molecule has 2 heterocycles. The van der Waals surface area contributed by atoms with Gasteiger partial charge in [-0.25, -0.2) is 18.4 Å². The number of sulfone groups is 1. The van der Waals surface area contributed by atoms with E-state index >= 15 is 0 Å². The molecule has 0 radical (unpaired) electrons. The summed E-state index contributed by atoms with van der Waals surface area (Å²) in [6, 6.07) is 9.32. The Hall–Kier alpha value is -3.09. The van der Waals surface area contributed by atoms with E-state index in [9.17, 15) is 18.3 Å². The van der Waals surface area contributed by atoms with Crippen LogP contribution in [0.25, 0.3) is 10.3 Å². The predicted molar refractivity (Wildman–Crippen MR) is 123 cm³/mol. The molecule has 1 aromatic carbocycles. The Morgan fingerprint density at radius 2 is 1.97 bits per heavy atom. The lowest BCUT2D eigenvalue weighted by atomic mass is 10.1. The van der Waals surface area contributed by atoms with E-state index in [4.69, 9.17) is 9.57 Å². The fourth-order valence-corrected chi connectivity index (χ4v) is 5.38. The number of methoxy groups -OCH3 is 1. The van der Waals surface area contributed by atoms with Crippen molar-refractivity contribution < 1.29 is 27.9 Å². The van der Waals surface area contributed by atoms with Gasteiger partial charge in [-0.1, -0.05) is 28.6 Å². The van der Waals surface area contributed by atoms with E-state index in [1.165, 1.54) is 31.4 Å². The summed E-state index contributed by atoms with van der Waals surface area (Å²) in [4.78, 5) is 27.7. The molecule has 12 heteroatoms. The molecule has 1 aliphatic carbocycles. The zero-order valence-electron chi connectivity index (χ0n) is 17.9. The van der Waals surface area contributed by atoms with Crippen LogP contribution in [0.4, 0.5) is 5.13 Å². The number of carbonyl (C=O) groups excluding carboxylic acids is 1. The van der Waals surface area contributed by atoms with Gasteiger partial charge in [0.15, 0.2) is 20.7 Å². The van der Waals surface area contributed by atoms with Gasteiger partial charge in [-0.2, -0.15) is 0 Å². The van der Waals surface area contributed by atoms with Crippen LogP contribution >= 0.6 is 11.3 Å². The second kappa shape index (κ2) is 9.41. The number of nitrogens with one attached hydrogen (secondary N) is 1. The van der Waals surface area contributed by atoms with Crippen molar-refractivity contribution in [3.63, 3.8) is 0 Å². The lowest BCUT2D eigenvalue weighted by molar-refractivity contribution is -0.110. The van der Waals surface area contributed by atoms with Crippen LogP contribution in [-0.4, -0.2) is 60.2 Å². The summed E-state index contributed by atoms with van der Waals surface area (Å²) < 4.78 is 30.0. The Bertz CT molecular complexity index is 1300. The Morgan fingerprint density at radius 3 is 2.61 bits per heavy atom. The van der Waals surface area contributed by atoms with Crippen molar-refractivity contribution in [2.24, 2.45) is 5.16 Å². The molecule has 2 N–H and O–H groups in total. The molecule has 1 fully saturated rings. The summed E-state index contributed by atoms with van der Waals surface area (Å²) in [5.41, 5.74) is 0.859. The number of carbonyl (C=O) groups is 1. The van der Waals surface area contributed by atoms with Crippen molar-refractivity contribution in [2.75, 3.05) is 19.0 Å². The van der Waals surface area contributed by atoms with E-state index < -0.39 is 21.8 Å². The zero-order valence-corrected chi connectivity index (χ0v) is 19.5. The molecule has 33 heavy (non-hydrogen) atoms. The second-order valence-electron chi connectivity index (χ2n) is 7.46. The van der Waals surface area contributed by atoms with Gasteiger partial charge in [0.2, 0.25) is 5.88 Å². The normalized spacial score (nSPS) is 15.3. The van der Waals surface area contributed by atoms with E-state index in [0.717, 1.165) is 11.3 Å². The van der Waals surface area contributed by atoms with Gasteiger partial charge < -0.3 is 14.7 Å². The maximum atomic E-state index is 13.0. The van der Waals surface area contributed by atoms with Crippen molar-refractivity contribution >= 4 is 48.3 Å². The first kappa shape index (κ1) is 23.1. The van der Waals surface area contributed by atoms with Gasteiger partial charge in [0.1, 0.15) is 16.5 Å². The molecule has 174 valence electrons. The maximum absolute atomic E-state index is 13.0. The standard InChI is InChI=1S/C21H22N4O6S2/c1-12(11-26)31-25-18(13-3-5-14(6-4-13)33(28,29)15-7-8-15)19(27)24-21-22-16-9-10-17(30-2)23-20(16)32-21/h3-6,9-10,12,15,26H,7-8,11H2,1-2H3,(H,22,24,27)/t12-/m0/s1. The van der Waals surface area contributed by atoms with Crippen LogP contribution in [0.3, 0.4) is 0 Å². The number of fused-ring (bicyclic) bond motifs is 1. The summed E-state index contributed by atoms with van der Waals surface area (Å²) in [6.07, 6.45) is 0.686. The molecule has 1 saturated carbocycles. The number of ether oxygens (including phenoxy) is 1. The number of aromatic nitrogens is 2. The topological polar surface area (TPSA) is 140 Å². The third-order valence-corrected chi connectivity index (χ3v) is 8.03. The van der Waals surface area contributed by atoms with Crippen LogP contribution in [0.5, 0.6) is 5.88 Å². The lowest BCUT2D eigenvalue weighted by Gasteiger charge is -2.10. The molecule has 0 aliphatic heterocycles. The van der Waals surface area contributed by atoms with Gasteiger partial charge in [-0.3, -0.25) is 10.1 Å². The molecule has 0 unspecified atom stereocenters. The number of pyridine rings is 1. The van der Waals surface area contributed by atoms with Crippen molar-refractivity contribution in [2.45, 2.75) is 36.0 Å². The van der Waals surface area contributed by atoms with Crippen LogP contribution < -0.4 is 10.1 Å². The van der Waals surface area contributed by atoms with E-state index in [1.807, 2.05) is 0 Å². The number of benzene rings is 1. The van der Waals surface area contributed by atoms with Gasteiger partial charge in [-0.05, 0) is 38.0 Å². The summed E-state index contributed by atoms with van der Waals surface area (Å²) in [7, 11) is -1.85. The molecule has 1 aliphatic rings. The summed E-state index contributed by atoms with van der Waals surface area (Å²) >= 11 is 1.16. The fraction of sp³-hybridized carbons (Fsp3) is 0.333. The van der Waals surface area contributed by atoms with Crippen molar-refractivity contribution in [3.8, 4) is 5.88 Å². The van der Waals surface area contributed by atoms with Crippen molar-refractivity contribution in [1.82, 2.24) is 9.97 Å². The molecule has 0 bridgehead atoms. The van der Waals surface area contributed by atoms with Crippen LogP contribution in [0.1, 0.15) is 25.3 Å². The maximum Gasteiger partial charge on any atom is 0.280 e. The summed E-state index contributed by atoms with van der Waals surface area (Å²) in [5.74, 6) is -0.178. The monoisotopic (exact) mass is 490 g/mol. The number of oxime groups is 1. The van der Waals surface area contributed by atoms with E-state index in [2.05, 4.69) is 20.4 Å². The third kappa shape index (κ3) is 5.13. The number of rotatable bonds is 9. The predicted octanol–water partition coefficient (Wildman–Crippen LogP) is 2.38. The fourth-order valence-electron chi connectivity index (χ4n) is 2.90. The van der Waals surface area contributed by atoms with E-state index in [0.29, 0.717) is 39.8 Å². The summed E-state index contributed by atoms with van der Waals surface area (Å²) in [5, 5.41) is 15.8. The highest BCUT2D eigenvalue weighted by molar-refractivity contribution is 7.92. The largest absolute Gasteiger partial charge is 0.481 e. The number of hydrogen-bond donors (Lipinski definition) is 2. The molecular weight excluding hydrogens is 468 g/mol. The van der Waals surface area contributed by atoms with Gasteiger partial charge in [0, 0.05) is 11.6 Å². The molecular formula is C21H22N4O6S2. The number of amides is 1. The smallest absolute Gasteiger partial charge is 0.280 e.